The molecule has 0 radical (unpaired) electrons. The number of fused-ring (bicyclic) bond motifs is 1. The first-order valence-corrected chi connectivity index (χ1v) is 13.2. The molecule has 2 heterocycles. The molecule has 8 atom stereocenters. The highest BCUT2D eigenvalue weighted by Gasteiger charge is 2.42. The molecule has 5 rings (SSSR count). The SMILES string of the molecule is FC1C=C[C@H](NC2=NC(C3C=NCCC3)NC3CCC(C4CCCCC4)CC23)CC1Cl. The van der Waals surface area contributed by atoms with E-state index in [0.29, 0.717) is 24.3 Å². The Labute approximate surface area is 191 Å². The average Bonchev–Trinajstić information content (AvgIpc) is 2.82. The molecular formula is C25H38ClFN4. The molecule has 0 aromatic carbocycles. The van der Waals surface area contributed by atoms with E-state index in [9.17, 15) is 4.39 Å². The number of nitrogens with zero attached hydrogens (tertiary/aromatic N) is 2. The van der Waals surface area contributed by atoms with E-state index >= 15 is 0 Å². The summed E-state index contributed by atoms with van der Waals surface area (Å²) in [5.41, 5.74) is 0. The van der Waals surface area contributed by atoms with Gasteiger partial charge in [-0.2, -0.15) is 0 Å². The maximum atomic E-state index is 13.9. The van der Waals surface area contributed by atoms with Crippen molar-refractivity contribution in [3.05, 3.63) is 12.2 Å². The summed E-state index contributed by atoms with van der Waals surface area (Å²) in [6.45, 7) is 0.946. The number of nitrogens with one attached hydrogen (secondary N) is 2. The molecule has 4 nitrogen and oxygen atoms in total. The van der Waals surface area contributed by atoms with Crippen LogP contribution in [-0.2, 0) is 0 Å². The highest BCUT2D eigenvalue weighted by Crippen LogP contribution is 2.42. The van der Waals surface area contributed by atoms with Crippen LogP contribution in [0.25, 0.3) is 0 Å². The van der Waals surface area contributed by atoms with E-state index in [1.807, 2.05) is 6.08 Å². The normalized spacial score (nSPS) is 43.9. The van der Waals surface area contributed by atoms with E-state index in [1.165, 1.54) is 51.4 Å². The fourth-order valence-electron chi connectivity index (χ4n) is 6.66. The summed E-state index contributed by atoms with van der Waals surface area (Å²) in [6.07, 6.45) is 18.5. The lowest BCUT2D eigenvalue weighted by molar-refractivity contribution is 0.139. The molecule has 172 valence electrons. The highest BCUT2D eigenvalue weighted by molar-refractivity contribution is 6.21. The van der Waals surface area contributed by atoms with Gasteiger partial charge in [0.25, 0.3) is 0 Å². The topological polar surface area (TPSA) is 48.8 Å². The van der Waals surface area contributed by atoms with Crippen LogP contribution >= 0.6 is 11.6 Å². The monoisotopic (exact) mass is 448 g/mol. The van der Waals surface area contributed by atoms with Crippen molar-refractivity contribution in [2.45, 2.75) is 100 Å². The Hall–Kier alpha value is -0.940. The number of hydrogen-bond acceptors (Lipinski definition) is 4. The Morgan fingerprint density at radius 2 is 1.84 bits per heavy atom. The Balaban J connectivity index is 1.35. The van der Waals surface area contributed by atoms with Crippen LogP contribution in [0.3, 0.4) is 0 Å². The lowest BCUT2D eigenvalue weighted by Gasteiger charge is -2.46. The second-order valence-corrected chi connectivity index (χ2v) is 11.1. The van der Waals surface area contributed by atoms with Gasteiger partial charge in [-0.3, -0.25) is 15.3 Å². The molecule has 2 fully saturated rings. The highest BCUT2D eigenvalue weighted by atomic mass is 35.5. The minimum absolute atomic E-state index is 0.0720. The van der Waals surface area contributed by atoms with Gasteiger partial charge in [-0.05, 0) is 50.4 Å². The molecule has 0 aromatic heterocycles. The van der Waals surface area contributed by atoms with Crippen molar-refractivity contribution >= 4 is 23.7 Å². The van der Waals surface area contributed by atoms with Gasteiger partial charge < -0.3 is 5.32 Å². The smallest absolute Gasteiger partial charge is 0.135 e. The summed E-state index contributed by atoms with van der Waals surface area (Å²) >= 11 is 6.26. The number of allylic oxidation sites excluding steroid dienone is 1. The largest absolute Gasteiger partial charge is 0.367 e. The molecule has 0 amide bonds. The van der Waals surface area contributed by atoms with Crippen molar-refractivity contribution in [2.75, 3.05) is 6.54 Å². The molecule has 6 heteroatoms. The number of alkyl halides is 2. The lowest BCUT2D eigenvalue weighted by atomic mass is 9.68. The fraction of sp³-hybridized carbons (Fsp3) is 0.840. The maximum absolute atomic E-state index is 13.9. The molecule has 0 aromatic rings. The Kier molecular flexibility index (Phi) is 6.99. The zero-order valence-corrected chi connectivity index (χ0v) is 19.3. The van der Waals surface area contributed by atoms with Gasteiger partial charge in [-0.15, -0.1) is 11.6 Å². The van der Waals surface area contributed by atoms with Gasteiger partial charge in [0.05, 0.1) is 5.38 Å². The number of halogens is 2. The van der Waals surface area contributed by atoms with Crippen molar-refractivity contribution in [1.82, 2.24) is 10.6 Å². The van der Waals surface area contributed by atoms with Gasteiger partial charge >= 0.3 is 0 Å². The van der Waals surface area contributed by atoms with Crippen LogP contribution in [0.15, 0.2) is 22.1 Å². The second kappa shape index (κ2) is 9.91. The van der Waals surface area contributed by atoms with Crippen molar-refractivity contribution in [3.8, 4) is 0 Å². The van der Waals surface area contributed by atoms with Gasteiger partial charge in [0.15, 0.2) is 0 Å². The summed E-state index contributed by atoms with van der Waals surface area (Å²) in [5, 5.41) is 7.18. The predicted molar refractivity (Wildman–Crippen MR) is 127 cm³/mol. The minimum atomic E-state index is -1.04. The predicted octanol–water partition coefficient (Wildman–Crippen LogP) is 5.02. The molecule has 2 N–H and O–H groups in total. The molecular weight excluding hydrogens is 411 g/mol. The van der Waals surface area contributed by atoms with Gasteiger partial charge in [-0.25, -0.2) is 4.39 Å². The molecule has 0 saturated heterocycles. The minimum Gasteiger partial charge on any atom is -0.367 e. The first kappa shape index (κ1) is 21.9. The van der Waals surface area contributed by atoms with Crippen LogP contribution in [0.5, 0.6) is 0 Å². The van der Waals surface area contributed by atoms with Crippen molar-refractivity contribution < 1.29 is 4.39 Å². The summed E-state index contributed by atoms with van der Waals surface area (Å²) in [4.78, 5) is 9.79. The van der Waals surface area contributed by atoms with Crippen LogP contribution in [-0.4, -0.2) is 48.4 Å². The van der Waals surface area contributed by atoms with E-state index in [2.05, 4.69) is 21.8 Å². The third-order valence-corrected chi connectivity index (χ3v) is 8.85. The maximum Gasteiger partial charge on any atom is 0.135 e. The first-order chi connectivity index (χ1) is 15.2. The third kappa shape index (κ3) is 5.03. The van der Waals surface area contributed by atoms with E-state index in [1.54, 1.807) is 6.08 Å². The quantitative estimate of drug-likeness (QED) is 0.470. The summed E-state index contributed by atoms with van der Waals surface area (Å²) in [5.74, 6) is 3.67. The number of aliphatic imine (C=N–C) groups is 2. The number of rotatable bonds is 3. The van der Waals surface area contributed by atoms with Crippen LogP contribution in [0.4, 0.5) is 4.39 Å². The van der Waals surface area contributed by atoms with Gasteiger partial charge in [0, 0.05) is 36.7 Å². The zero-order chi connectivity index (χ0) is 21.2. The van der Waals surface area contributed by atoms with Gasteiger partial charge in [-0.1, -0.05) is 44.3 Å². The molecule has 2 aliphatic heterocycles. The molecule has 7 unspecified atom stereocenters. The fourth-order valence-corrected chi connectivity index (χ4v) is 6.93. The Bertz CT molecular complexity index is 704. The summed E-state index contributed by atoms with van der Waals surface area (Å²) < 4.78 is 13.9. The molecule has 2 saturated carbocycles. The summed E-state index contributed by atoms with van der Waals surface area (Å²) in [7, 11) is 0. The van der Waals surface area contributed by atoms with E-state index < -0.39 is 11.5 Å². The van der Waals surface area contributed by atoms with Crippen molar-refractivity contribution in [2.24, 2.45) is 33.7 Å². The number of hydrogen-bond donors (Lipinski definition) is 2. The van der Waals surface area contributed by atoms with Crippen LogP contribution in [0.2, 0.25) is 0 Å². The first-order valence-electron chi connectivity index (χ1n) is 12.7. The Morgan fingerprint density at radius 3 is 2.61 bits per heavy atom. The second-order valence-electron chi connectivity index (χ2n) is 10.5. The zero-order valence-electron chi connectivity index (χ0n) is 18.6. The van der Waals surface area contributed by atoms with E-state index in [0.717, 1.165) is 37.1 Å². The van der Waals surface area contributed by atoms with Crippen LogP contribution < -0.4 is 10.6 Å². The molecule has 0 bridgehead atoms. The van der Waals surface area contributed by atoms with Gasteiger partial charge in [0.1, 0.15) is 18.2 Å². The van der Waals surface area contributed by atoms with Crippen LogP contribution in [0, 0.1) is 23.7 Å². The molecule has 0 spiro atoms. The average molecular weight is 449 g/mol. The third-order valence-electron chi connectivity index (χ3n) is 8.43. The molecule has 5 aliphatic rings. The van der Waals surface area contributed by atoms with Crippen molar-refractivity contribution in [3.63, 3.8) is 0 Å². The standard InChI is InChI=1S/C25H38ClFN4/c26-21-14-19(9-10-22(21)27)29-25-20-13-17(16-5-2-1-3-6-16)8-11-23(20)30-24(31-25)18-7-4-12-28-15-18/h9-10,15-24,30H,1-8,11-14H2,(H,29,31)/t17?,18?,19-,20?,21?,22?,23?,24?/m0/s1. The molecule has 3 aliphatic carbocycles. The van der Waals surface area contributed by atoms with E-state index in [-0.39, 0.29) is 12.2 Å². The lowest BCUT2D eigenvalue weighted by Crippen LogP contribution is -2.59. The van der Waals surface area contributed by atoms with Crippen LogP contribution in [0.1, 0.15) is 70.6 Å². The summed E-state index contributed by atoms with van der Waals surface area (Å²) in [6, 6.07) is 0.552. The van der Waals surface area contributed by atoms with Gasteiger partial charge in [0.2, 0.25) is 0 Å². The molecule has 31 heavy (non-hydrogen) atoms. The van der Waals surface area contributed by atoms with Crippen molar-refractivity contribution in [1.29, 1.82) is 0 Å². The number of amidine groups is 1. The Morgan fingerprint density at radius 1 is 0.968 bits per heavy atom. The van der Waals surface area contributed by atoms with E-state index in [4.69, 9.17) is 16.6 Å².